The van der Waals surface area contributed by atoms with Crippen LogP contribution in [0.2, 0.25) is 0 Å². The Morgan fingerprint density at radius 1 is 1.43 bits per heavy atom. The third kappa shape index (κ3) is 6.79. The molecule has 0 fully saturated rings. The fourth-order valence-electron chi connectivity index (χ4n) is 0.169. The third-order valence-electron chi connectivity index (χ3n) is 0.308. The summed E-state index contributed by atoms with van der Waals surface area (Å²) in [7, 11) is 10.8. The molecule has 0 aromatic carbocycles. The zero-order valence-electron chi connectivity index (χ0n) is 4.20. The number of halogens is 2. The summed E-state index contributed by atoms with van der Waals surface area (Å²) in [6.45, 7) is 3.77. The number of nitrogens with zero attached hydrogens (tertiary/aromatic N) is 1. The van der Waals surface area contributed by atoms with Crippen LogP contribution in [0.3, 0.4) is 0 Å². The Morgan fingerprint density at radius 2 is 1.86 bits per heavy atom. The molecule has 0 bridgehead atoms. The van der Waals surface area contributed by atoms with Crippen molar-refractivity contribution in [3.8, 4) is 0 Å². The minimum absolute atomic E-state index is 0.972. The Labute approximate surface area is 56.4 Å². The van der Waals surface area contributed by atoms with Crippen molar-refractivity contribution >= 4 is 38.4 Å². The third-order valence-corrected chi connectivity index (χ3v) is 2.48. The molecule has 4 heteroatoms. The van der Waals surface area contributed by atoms with Crippen LogP contribution in [0.1, 0.15) is 13.8 Å². The van der Waals surface area contributed by atoms with Crippen LogP contribution >= 0.6 is 20.0 Å². The van der Waals surface area contributed by atoms with Crippen LogP contribution in [0, 0.1) is 0 Å². The molecule has 41 valence electrons. The topological polar surface area (TPSA) is 12.4 Å². The summed E-state index contributed by atoms with van der Waals surface area (Å²) in [5.41, 5.74) is 0.972. The molecule has 1 radical (unpaired) electrons. The van der Waals surface area contributed by atoms with Crippen LogP contribution in [0.5, 0.6) is 0 Å². The van der Waals surface area contributed by atoms with E-state index in [0.717, 1.165) is 5.71 Å². The van der Waals surface area contributed by atoms with Gasteiger partial charge >= 0.3 is 56.2 Å². The average Bonchev–Trinajstić information content (AvgIpc) is 1.27. The summed E-state index contributed by atoms with van der Waals surface area (Å²) in [5.74, 6) is 0. The van der Waals surface area contributed by atoms with E-state index in [9.17, 15) is 0 Å². The second-order valence-corrected chi connectivity index (χ2v) is 7.50. The maximum atomic E-state index is 5.42. The van der Waals surface area contributed by atoms with Gasteiger partial charge in [0.1, 0.15) is 0 Å². The van der Waals surface area contributed by atoms with Gasteiger partial charge in [0.2, 0.25) is 0 Å². The molecule has 0 unspecified atom stereocenters. The van der Waals surface area contributed by atoms with Gasteiger partial charge in [-0.3, -0.25) is 0 Å². The number of hydrogen-bond donors (Lipinski definition) is 0. The first-order valence-corrected chi connectivity index (χ1v) is 8.28. The van der Waals surface area contributed by atoms with E-state index >= 15 is 0 Å². The van der Waals surface area contributed by atoms with E-state index in [0.29, 0.717) is 0 Å². The first-order chi connectivity index (χ1) is 3.13. The van der Waals surface area contributed by atoms with Crippen molar-refractivity contribution in [1.82, 2.24) is 0 Å². The molecule has 0 amide bonds. The number of hydrogen-bond acceptors (Lipinski definition) is 1. The van der Waals surface area contributed by atoms with Gasteiger partial charge in [-0.25, -0.2) is 0 Å². The van der Waals surface area contributed by atoms with Gasteiger partial charge in [0, 0.05) is 0 Å². The summed E-state index contributed by atoms with van der Waals surface area (Å²) >= 11 is -1.92. The Balaban J connectivity index is 3.45. The average molecular weight is 200 g/mol. The van der Waals surface area contributed by atoms with Gasteiger partial charge < -0.3 is 0 Å². The fourth-order valence-corrected chi connectivity index (χ4v) is 2.63. The van der Waals surface area contributed by atoms with Crippen LogP contribution in [-0.2, 0) is 0 Å². The molecule has 7 heavy (non-hydrogen) atoms. The summed E-state index contributed by atoms with van der Waals surface area (Å²) in [6.07, 6.45) is 0. The molecule has 0 spiro atoms. The van der Waals surface area contributed by atoms with E-state index in [1.807, 2.05) is 13.8 Å². The maximum absolute atomic E-state index is 5.42. The molecule has 0 aromatic rings. The summed E-state index contributed by atoms with van der Waals surface area (Å²) < 4.78 is 3.89. The summed E-state index contributed by atoms with van der Waals surface area (Å²) in [4.78, 5) is 0. The molecule has 0 aromatic heterocycles. The van der Waals surface area contributed by atoms with E-state index in [2.05, 4.69) is 3.95 Å². The monoisotopic (exact) mass is 200 g/mol. The van der Waals surface area contributed by atoms with Gasteiger partial charge in [0.05, 0.1) is 0 Å². The van der Waals surface area contributed by atoms with Crippen molar-refractivity contribution in [2.45, 2.75) is 13.8 Å². The number of rotatable bonds is 1. The SMILES string of the molecule is CC(C)=[N][Ge]([Cl])[Cl]. The zero-order chi connectivity index (χ0) is 5.86. The standard InChI is InChI=1S/C3H6Cl2GeN/c1-3(2)7-6(4)5/h1-2H3. The van der Waals surface area contributed by atoms with E-state index in [1.165, 1.54) is 0 Å². The van der Waals surface area contributed by atoms with Gasteiger partial charge in [-0.2, -0.15) is 0 Å². The molecule has 0 saturated heterocycles. The Bertz CT molecular complexity index is 77.0. The van der Waals surface area contributed by atoms with Crippen LogP contribution < -0.4 is 0 Å². The van der Waals surface area contributed by atoms with Crippen molar-refractivity contribution in [3.63, 3.8) is 0 Å². The fraction of sp³-hybridized carbons (Fsp3) is 0.667. The van der Waals surface area contributed by atoms with Crippen LogP contribution in [0.15, 0.2) is 3.95 Å². The molecule has 0 atom stereocenters. The Hall–Kier alpha value is 0.793. The molecular formula is C3H6Cl2GeN. The van der Waals surface area contributed by atoms with Crippen LogP contribution in [0.4, 0.5) is 0 Å². The van der Waals surface area contributed by atoms with Gasteiger partial charge in [-0.15, -0.1) is 0 Å². The van der Waals surface area contributed by atoms with Gasteiger partial charge in [-0.05, 0) is 0 Å². The molecule has 0 aliphatic carbocycles. The molecule has 0 aliphatic rings. The molecular weight excluding hydrogens is 194 g/mol. The summed E-state index contributed by atoms with van der Waals surface area (Å²) in [5, 5.41) is 0. The van der Waals surface area contributed by atoms with Crippen molar-refractivity contribution in [2.75, 3.05) is 0 Å². The first-order valence-electron chi connectivity index (χ1n) is 1.83. The predicted molar refractivity (Wildman–Crippen MR) is 36.2 cm³/mol. The van der Waals surface area contributed by atoms with E-state index in [4.69, 9.17) is 20.0 Å². The molecule has 0 saturated carbocycles. The van der Waals surface area contributed by atoms with E-state index < -0.39 is 12.7 Å². The summed E-state index contributed by atoms with van der Waals surface area (Å²) in [6, 6.07) is 0. The molecule has 1 nitrogen and oxygen atoms in total. The normalized spacial score (nSPS) is 9.29. The Kier molecular flexibility index (Phi) is 4.18. The second-order valence-electron chi connectivity index (χ2n) is 1.30. The van der Waals surface area contributed by atoms with E-state index in [-0.39, 0.29) is 0 Å². The quantitative estimate of drug-likeness (QED) is 0.452. The molecule has 0 rings (SSSR count). The Morgan fingerprint density at radius 3 is 1.86 bits per heavy atom. The van der Waals surface area contributed by atoms with Crippen LogP contribution in [-0.4, -0.2) is 18.4 Å². The molecule has 0 N–H and O–H groups in total. The predicted octanol–water partition coefficient (Wildman–Crippen LogP) is 1.93. The van der Waals surface area contributed by atoms with Crippen molar-refractivity contribution < 1.29 is 0 Å². The van der Waals surface area contributed by atoms with Gasteiger partial charge in [0.25, 0.3) is 0 Å². The van der Waals surface area contributed by atoms with Crippen molar-refractivity contribution in [2.24, 2.45) is 3.95 Å². The van der Waals surface area contributed by atoms with Gasteiger partial charge in [-0.1, -0.05) is 0 Å². The van der Waals surface area contributed by atoms with E-state index in [1.54, 1.807) is 0 Å². The van der Waals surface area contributed by atoms with Crippen molar-refractivity contribution in [3.05, 3.63) is 0 Å². The first kappa shape index (κ1) is 7.79. The molecule has 0 aliphatic heterocycles. The van der Waals surface area contributed by atoms with Crippen molar-refractivity contribution in [1.29, 1.82) is 0 Å². The van der Waals surface area contributed by atoms with Gasteiger partial charge in [0.15, 0.2) is 0 Å². The van der Waals surface area contributed by atoms with Crippen LogP contribution in [0.25, 0.3) is 0 Å². The second kappa shape index (κ2) is 3.75. The zero-order valence-corrected chi connectivity index (χ0v) is 7.81. The molecule has 0 heterocycles. The minimum atomic E-state index is -1.92.